The van der Waals surface area contributed by atoms with E-state index in [9.17, 15) is 0 Å². The van der Waals surface area contributed by atoms with Gasteiger partial charge in [-0.05, 0) is 25.7 Å². The Balaban J connectivity index is 2.05. The van der Waals surface area contributed by atoms with Gasteiger partial charge in [-0.15, -0.1) is 0 Å². The minimum atomic E-state index is -0.114. The average molecular weight is 177 g/mol. The topological polar surface area (TPSA) is 9.23 Å². The summed E-state index contributed by atoms with van der Waals surface area (Å²) in [7, 11) is 0. The van der Waals surface area contributed by atoms with Gasteiger partial charge in [0.25, 0.3) is 0 Å². The molecule has 1 nitrogen and oxygen atoms in total. The first-order valence-corrected chi connectivity index (χ1v) is 4.98. The molecule has 0 amide bonds. The van der Waals surface area contributed by atoms with Gasteiger partial charge in [-0.25, -0.2) is 0 Å². The molecule has 0 saturated heterocycles. The van der Waals surface area contributed by atoms with Crippen LogP contribution in [0.3, 0.4) is 0 Å². The van der Waals surface area contributed by atoms with Gasteiger partial charge in [-0.2, -0.15) is 0 Å². The van der Waals surface area contributed by atoms with E-state index in [0.717, 1.165) is 12.5 Å². The highest BCUT2D eigenvalue weighted by Crippen LogP contribution is 2.24. The van der Waals surface area contributed by atoms with Crippen LogP contribution in [0, 0.1) is 5.92 Å². The Labute approximate surface area is 74.1 Å². The van der Waals surface area contributed by atoms with Crippen molar-refractivity contribution in [3.8, 4) is 0 Å². The highest BCUT2D eigenvalue weighted by molar-refractivity contribution is 6.19. The second kappa shape index (κ2) is 5.00. The first-order valence-electron chi connectivity index (χ1n) is 4.54. The van der Waals surface area contributed by atoms with Crippen LogP contribution in [0.25, 0.3) is 0 Å². The zero-order valence-electron chi connectivity index (χ0n) is 7.18. The van der Waals surface area contributed by atoms with Crippen LogP contribution in [0.2, 0.25) is 0 Å². The summed E-state index contributed by atoms with van der Waals surface area (Å²) in [5.74, 6) is 0.782. The third-order valence-electron chi connectivity index (χ3n) is 2.29. The maximum Gasteiger partial charge on any atom is 0.128 e. The molecule has 1 fully saturated rings. The highest BCUT2D eigenvalue weighted by Gasteiger charge is 2.13. The van der Waals surface area contributed by atoms with Gasteiger partial charge >= 0.3 is 0 Å². The summed E-state index contributed by atoms with van der Waals surface area (Å²) >= 11 is 5.67. The molecule has 0 aromatic rings. The molecule has 2 heteroatoms. The van der Waals surface area contributed by atoms with Crippen LogP contribution in [-0.2, 0) is 4.74 Å². The van der Waals surface area contributed by atoms with E-state index in [1.807, 2.05) is 6.92 Å². The number of alkyl halides is 1. The second-order valence-corrected chi connectivity index (χ2v) is 3.99. The quantitative estimate of drug-likeness (QED) is 0.601. The average Bonchev–Trinajstić information content (AvgIpc) is 2.03. The fraction of sp³-hybridized carbons (Fsp3) is 1.00. The van der Waals surface area contributed by atoms with Gasteiger partial charge in [-0.1, -0.05) is 30.9 Å². The van der Waals surface area contributed by atoms with E-state index in [1.54, 1.807) is 0 Å². The van der Waals surface area contributed by atoms with E-state index in [0.29, 0.717) is 0 Å². The monoisotopic (exact) mass is 176 g/mol. The van der Waals surface area contributed by atoms with Crippen molar-refractivity contribution in [2.24, 2.45) is 5.92 Å². The molecule has 11 heavy (non-hydrogen) atoms. The molecular weight excluding hydrogens is 160 g/mol. The Kier molecular flexibility index (Phi) is 4.24. The molecule has 1 rings (SSSR count). The second-order valence-electron chi connectivity index (χ2n) is 3.38. The molecule has 0 aromatic heterocycles. The van der Waals surface area contributed by atoms with Gasteiger partial charge in [0.2, 0.25) is 0 Å². The fourth-order valence-electron chi connectivity index (χ4n) is 1.62. The molecule has 0 spiro atoms. The molecule has 0 bridgehead atoms. The SMILES string of the molecule is CC(Cl)OCC1CCCCC1. The van der Waals surface area contributed by atoms with E-state index in [4.69, 9.17) is 16.3 Å². The van der Waals surface area contributed by atoms with E-state index >= 15 is 0 Å². The van der Waals surface area contributed by atoms with Gasteiger partial charge in [0.1, 0.15) is 5.56 Å². The summed E-state index contributed by atoms with van der Waals surface area (Å²) in [4.78, 5) is 0. The molecule has 0 N–H and O–H groups in total. The van der Waals surface area contributed by atoms with Crippen LogP contribution in [0.15, 0.2) is 0 Å². The first-order chi connectivity index (χ1) is 5.29. The number of halogens is 1. The van der Waals surface area contributed by atoms with Crippen LogP contribution in [0.1, 0.15) is 39.0 Å². The lowest BCUT2D eigenvalue weighted by Crippen LogP contribution is -2.15. The maximum atomic E-state index is 5.67. The molecule has 1 unspecified atom stereocenters. The Hall–Kier alpha value is 0.250. The number of ether oxygens (including phenoxy) is 1. The molecule has 66 valence electrons. The number of rotatable bonds is 3. The fourth-order valence-corrected chi connectivity index (χ4v) is 1.70. The molecule has 0 radical (unpaired) electrons. The van der Waals surface area contributed by atoms with Gasteiger partial charge in [0, 0.05) is 0 Å². The summed E-state index contributed by atoms with van der Waals surface area (Å²) in [6, 6.07) is 0. The Morgan fingerprint density at radius 3 is 2.55 bits per heavy atom. The van der Waals surface area contributed by atoms with Gasteiger partial charge in [0.05, 0.1) is 6.61 Å². The maximum absolute atomic E-state index is 5.67. The smallest absolute Gasteiger partial charge is 0.128 e. The van der Waals surface area contributed by atoms with Crippen molar-refractivity contribution in [2.75, 3.05) is 6.61 Å². The molecule has 1 aliphatic rings. The van der Waals surface area contributed by atoms with Crippen LogP contribution < -0.4 is 0 Å². The Bertz CT molecular complexity index is 97.7. The lowest BCUT2D eigenvalue weighted by Gasteiger charge is -2.21. The zero-order chi connectivity index (χ0) is 8.10. The van der Waals surface area contributed by atoms with Crippen LogP contribution in [-0.4, -0.2) is 12.2 Å². The van der Waals surface area contributed by atoms with Crippen molar-refractivity contribution in [2.45, 2.75) is 44.6 Å². The normalized spacial score (nSPS) is 23.5. The lowest BCUT2D eigenvalue weighted by atomic mass is 9.90. The lowest BCUT2D eigenvalue weighted by molar-refractivity contribution is 0.0730. The summed E-state index contributed by atoms with van der Waals surface area (Å²) in [5, 5.41) is 0. The third kappa shape index (κ3) is 3.97. The molecular formula is C9H17ClO. The Morgan fingerprint density at radius 2 is 2.00 bits per heavy atom. The van der Waals surface area contributed by atoms with Crippen molar-refractivity contribution >= 4 is 11.6 Å². The first kappa shape index (κ1) is 9.34. The van der Waals surface area contributed by atoms with E-state index in [2.05, 4.69) is 0 Å². The summed E-state index contributed by atoms with van der Waals surface area (Å²) < 4.78 is 5.35. The minimum Gasteiger partial charge on any atom is -0.363 e. The van der Waals surface area contributed by atoms with Crippen molar-refractivity contribution in [3.63, 3.8) is 0 Å². The largest absolute Gasteiger partial charge is 0.363 e. The number of hydrogen-bond donors (Lipinski definition) is 0. The standard InChI is InChI=1S/C9H17ClO/c1-8(10)11-7-9-5-3-2-4-6-9/h8-9H,2-7H2,1H3. The molecule has 1 aliphatic carbocycles. The van der Waals surface area contributed by atoms with Gasteiger partial charge in [0.15, 0.2) is 0 Å². The summed E-state index contributed by atoms with van der Waals surface area (Å²) in [5.41, 5.74) is -0.114. The Morgan fingerprint density at radius 1 is 1.36 bits per heavy atom. The van der Waals surface area contributed by atoms with E-state index in [-0.39, 0.29) is 5.56 Å². The van der Waals surface area contributed by atoms with Gasteiger partial charge < -0.3 is 4.74 Å². The van der Waals surface area contributed by atoms with Crippen molar-refractivity contribution in [3.05, 3.63) is 0 Å². The predicted octanol–water partition coefficient (Wildman–Crippen LogP) is 3.17. The third-order valence-corrected chi connectivity index (χ3v) is 2.41. The van der Waals surface area contributed by atoms with Crippen LogP contribution >= 0.6 is 11.6 Å². The van der Waals surface area contributed by atoms with Crippen molar-refractivity contribution < 1.29 is 4.74 Å². The highest BCUT2D eigenvalue weighted by atomic mass is 35.5. The van der Waals surface area contributed by atoms with Crippen LogP contribution in [0.5, 0.6) is 0 Å². The van der Waals surface area contributed by atoms with Crippen LogP contribution in [0.4, 0.5) is 0 Å². The van der Waals surface area contributed by atoms with Gasteiger partial charge in [-0.3, -0.25) is 0 Å². The molecule has 0 aliphatic heterocycles. The zero-order valence-corrected chi connectivity index (χ0v) is 7.94. The van der Waals surface area contributed by atoms with E-state index < -0.39 is 0 Å². The molecule has 0 heterocycles. The van der Waals surface area contributed by atoms with Crippen molar-refractivity contribution in [1.82, 2.24) is 0 Å². The molecule has 1 saturated carbocycles. The molecule has 0 aromatic carbocycles. The predicted molar refractivity (Wildman–Crippen MR) is 47.8 cm³/mol. The van der Waals surface area contributed by atoms with Crippen molar-refractivity contribution in [1.29, 1.82) is 0 Å². The minimum absolute atomic E-state index is 0.114. The number of hydrogen-bond acceptors (Lipinski definition) is 1. The summed E-state index contributed by atoms with van der Waals surface area (Å²) in [6.07, 6.45) is 6.84. The molecule has 1 atom stereocenters. The summed E-state index contributed by atoms with van der Waals surface area (Å²) in [6.45, 7) is 2.75. The van der Waals surface area contributed by atoms with E-state index in [1.165, 1.54) is 32.1 Å².